The summed E-state index contributed by atoms with van der Waals surface area (Å²) in [6.07, 6.45) is 3.62. The second-order valence-corrected chi connectivity index (χ2v) is 5.37. The van der Waals surface area contributed by atoms with Crippen molar-refractivity contribution in [1.82, 2.24) is 0 Å². The van der Waals surface area contributed by atoms with E-state index in [0.717, 1.165) is 17.6 Å². The second-order valence-electron chi connectivity index (χ2n) is 5.37. The van der Waals surface area contributed by atoms with E-state index in [1.54, 1.807) is 0 Å². The number of hydrogen-bond acceptors (Lipinski definition) is 2. The summed E-state index contributed by atoms with van der Waals surface area (Å²) in [7, 11) is 2.25. The molecular formula is C12H20NO2+. The van der Waals surface area contributed by atoms with Gasteiger partial charge >= 0.3 is 0 Å². The molecule has 1 heterocycles. The first-order valence-corrected chi connectivity index (χ1v) is 5.58. The lowest BCUT2D eigenvalue weighted by atomic mass is 9.90. The molecule has 0 saturated carbocycles. The van der Waals surface area contributed by atoms with Crippen molar-refractivity contribution in [3.05, 3.63) is 23.7 Å². The molecule has 1 aliphatic heterocycles. The molecule has 1 aliphatic carbocycles. The van der Waals surface area contributed by atoms with Crippen molar-refractivity contribution in [2.24, 2.45) is 11.8 Å². The third-order valence-electron chi connectivity index (χ3n) is 4.06. The number of hydrogen-bond donors (Lipinski definition) is 2. The fourth-order valence-corrected chi connectivity index (χ4v) is 2.66. The topological polar surface area (TPSA) is 40.5 Å². The van der Waals surface area contributed by atoms with Crippen molar-refractivity contribution < 1.29 is 14.7 Å². The summed E-state index contributed by atoms with van der Waals surface area (Å²) in [4.78, 5) is 0. The number of fused-ring (bicyclic) bond motifs is 1. The van der Waals surface area contributed by atoms with Crippen LogP contribution in [0.3, 0.4) is 0 Å². The Morgan fingerprint density at radius 2 is 1.53 bits per heavy atom. The van der Waals surface area contributed by atoms with Crippen LogP contribution in [0.5, 0.6) is 0 Å². The van der Waals surface area contributed by atoms with E-state index >= 15 is 0 Å². The number of likely N-dealkylation sites (tertiary alicyclic amines) is 1. The van der Waals surface area contributed by atoms with E-state index in [-0.39, 0.29) is 11.5 Å². The Balaban J connectivity index is 2.23. The Bertz CT molecular complexity index is 305. The SMILES string of the molecule is CC(C)[N+]1(C)CC2C=C(O)C(O)=CC2C1. The first kappa shape index (κ1) is 10.6. The van der Waals surface area contributed by atoms with Gasteiger partial charge in [-0.05, 0) is 26.0 Å². The monoisotopic (exact) mass is 210 g/mol. The van der Waals surface area contributed by atoms with Crippen molar-refractivity contribution in [2.45, 2.75) is 19.9 Å². The van der Waals surface area contributed by atoms with E-state index in [9.17, 15) is 10.2 Å². The van der Waals surface area contributed by atoms with Crippen LogP contribution >= 0.6 is 0 Å². The maximum absolute atomic E-state index is 9.47. The Morgan fingerprint density at radius 1 is 1.13 bits per heavy atom. The van der Waals surface area contributed by atoms with Crippen LogP contribution in [0.2, 0.25) is 0 Å². The molecule has 0 bridgehead atoms. The zero-order chi connectivity index (χ0) is 11.2. The predicted molar refractivity (Wildman–Crippen MR) is 59.5 cm³/mol. The number of nitrogens with zero attached hydrogens (tertiary/aromatic N) is 1. The second kappa shape index (κ2) is 3.27. The van der Waals surface area contributed by atoms with Gasteiger partial charge in [-0.2, -0.15) is 0 Å². The maximum Gasteiger partial charge on any atom is 0.153 e. The molecule has 0 aromatic heterocycles. The highest BCUT2D eigenvalue weighted by Crippen LogP contribution is 2.36. The normalized spacial score (nSPS) is 40.0. The molecule has 2 N–H and O–H groups in total. The lowest BCUT2D eigenvalue weighted by molar-refractivity contribution is -0.920. The van der Waals surface area contributed by atoms with E-state index in [1.165, 1.54) is 0 Å². The van der Waals surface area contributed by atoms with Crippen LogP contribution in [-0.4, -0.2) is 40.9 Å². The summed E-state index contributed by atoms with van der Waals surface area (Å²) in [6.45, 7) is 6.56. The van der Waals surface area contributed by atoms with Crippen LogP contribution in [0.15, 0.2) is 23.7 Å². The molecule has 0 amide bonds. The highest BCUT2D eigenvalue weighted by atomic mass is 16.3. The molecule has 0 spiro atoms. The average Bonchev–Trinajstić information content (AvgIpc) is 2.43. The summed E-state index contributed by atoms with van der Waals surface area (Å²) in [6, 6.07) is 0.585. The Hall–Kier alpha value is -0.960. The molecule has 3 nitrogen and oxygen atoms in total. The van der Waals surface area contributed by atoms with Gasteiger partial charge in [0.1, 0.15) is 0 Å². The zero-order valence-corrected chi connectivity index (χ0v) is 9.64. The Kier molecular flexibility index (Phi) is 2.30. The Morgan fingerprint density at radius 3 is 1.87 bits per heavy atom. The van der Waals surface area contributed by atoms with E-state index in [1.807, 2.05) is 12.2 Å². The standard InChI is InChI=1S/C12H19NO2/c1-8(2)13(3)6-9-4-11(14)12(15)5-10(9)7-13/h4-5,8-10H,6-7H2,1-3H3,(H-,14,15)/p+1. The van der Waals surface area contributed by atoms with Crippen molar-refractivity contribution >= 4 is 0 Å². The molecule has 84 valence electrons. The maximum atomic E-state index is 9.47. The van der Waals surface area contributed by atoms with Crippen molar-refractivity contribution in [3.63, 3.8) is 0 Å². The predicted octanol–water partition coefficient (Wildman–Crippen LogP) is 1.98. The van der Waals surface area contributed by atoms with Gasteiger partial charge < -0.3 is 14.7 Å². The third kappa shape index (κ3) is 1.65. The Labute approximate surface area is 90.9 Å². The van der Waals surface area contributed by atoms with E-state index in [0.29, 0.717) is 17.9 Å². The molecule has 0 aromatic rings. The van der Waals surface area contributed by atoms with Crippen LogP contribution in [0.25, 0.3) is 0 Å². The summed E-state index contributed by atoms with van der Waals surface area (Å²) in [5, 5.41) is 18.9. The molecule has 15 heavy (non-hydrogen) atoms. The van der Waals surface area contributed by atoms with Gasteiger partial charge in [0, 0.05) is 11.8 Å². The van der Waals surface area contributed by atoms with Crippen LogP contribution in [-0.2, 0) is 0 Å². The van der Waals surface area contributed by atoms with Gasteiger partial charge in [-0.1, -0.05) is 0 Å². The molecule has 2 atom stereocenters. The summed E-state index contributed by atoms with van der Waals surface area (Å²) >= 11 is 0. The van der Waals surface area contributed by atoms with Gasteiger partial charge in [0.25, 0.3) is 0 Å². The fourth-order valence-electron chi connectivity index (χ4n) is 2.66. The third-order valence-corrected chi connectivity index (χ3v) is 4.06. The van der Waals surface area contributed by atoms with Gasteiger partial charge in [0.05, 0.1) is 26.2 Å². The quantitative estimate of drug-likeness (QED) is 0.650. The first-order valence-electron chi connectivity index (χ1n) is 5.58. The summed E-state index contributed by atoms with van der Waals surface area (Å²) in [5.74, 6) is 0.864. The van der Waals surface area contributed by atoms with E-state index < -0.39 is 0 Å². The molecule has 1 fully saturated rings. The van der Waals surface area contributed by atoms with Gasteiger partial charge in [-0.25, -0.2) is 0 Å². The molecule has 1 saturated heterocycles. The summed E-state index contributed by atoms with van der Waals surface area (Å²) < 4.78 is 1.02. The molecular weight excluding hydrogens is 190 g/mol. The van der Waals surface area contributed by atoms with Crippen molar-refractivity contribution in [1.29, 1.82) is 0 Å². The first-order chi connectivity index (χ1) is 6.92. The number of aliphatic hydroxyl groups excluding tert-OH is 2. The van der Waals surface area contributed by atoms with Gasteiger partial charge in [-0.3, -0.25) is 0 Å². The van der Waals surface area contributed by atoms with Crippen LogP contribution < -0.4 is 0 Å². The molecule has 2 aliphatic rings. The van der Waals surface area contributed by atoms with Gasteiger partial charge in [0.2, 0.25) is 0 Å². The smallest absolute Gasteiger partial charge is 0.153 e. The van der Waals surface area contributed by atoms with Crippen LogP contribution in [0.4, 0.5) is 0 Å². The lowest BCUT2D eigenvalue weighted by Crippen LogP contribution is -2.47. The number of rotatable bonds is 1. The minimum Gasteiger partial charge on any atom is -0.504 e. The molecule has 3 heteroatoms. The minimum atomic E-state index is 0.0495. The average molecular weight is 210 g/mol. The lowest BCUT2D eigenvalue weighted by Gasteiger charge is -2.34. The van der Waals surface area contributed by atoms with Gasteiger partial charge in [0.15, 0.2) is 11.5 Å². The molecule has 0 aromatic carbocycles. The highest BCUT2D eigenvalue weighted by molar-refractivity contribution is 5.26. The minimum absolute atomic E-state index is 0.0495. The molecule has 0 radical (unpaired) electrons. The summed E-state index contributed by atoms with van der Waals surface area (Å²) in [5.41, 5.74) is 0. The fraction of sp³-hybridized carbons (Fsp3) is 0.667. The zero-order valence-electron chi connectivity index (χ0n) is 9.64. The van der Waals surface area contributed by atoms with E-state index in [4.69, 9.17) is 0 Å². The number of quaternary nitrogens is 1. The largest absolute Gasteiger partial charge is 0.504 e. The van der Waals surface area contributed by atoms with Gasteiger partial charge in [-0.15, -0.1) is 0 Å². The van der Waals surface area contributed by atoms with Crippen molar-refractivity contribution in [3.8, 4) is 0 Å². The van der Waals surface area contributed by atoms with E-state index in [2.05, 4.69) is 20.9 Å². The van der Waals surface area contributed by atoms with Crippen molar-refractivity contribution in [2.75, 3.05) is 20.1 Å². The molecule has 2 rings (SSSR count). The van der Waals surface area contributed by atoms with Crippen LogP contribution in [0.1, 0.15) is 13.8 Å². The molecule has 2 unspecified atom stereocenters. The highest BCUT2D eigenvalue weighted by Gasteiger charge is 2.44. The van der Waals surface area contributed by atoms with Crippen LogP contribution in [0, 0.1) is 11.8 Å². The number of aliphatic hydroxyl groups is 2.